The topological polar surface area (TPSA) is 113 Å². The first-order valence-electron chi connectivity index (χ1n) is 8.48. The van der Waals surface area contributed by atoms with E-state index in [1.165, 1.54) is 0 Å². The normalized spacial score (nSPS) is 22.3. The lowest BCUT2D eigenvalue weighted by atomic mass is 10.1. The summed E-state index contributed by atoms with van der Waals surface area (Å²) in [5.41, 5.74) is 8.41. The highest BCUT2D eigenvalue weighted by Gasteiger charge is 2.40. The molecule has 2 unspecified atom stereocenters. The van der Waals surface area contributed by atoms with Gasteiger partial charge in [0, 0.05) is 18.8 Å². The number of aliphatic hydroxyl groups excluding tert-OH is 1. The zero-order chi connectivity index (χ0) is 18.6. The van der Waals surface area contributed by atoms with Gasteiger partial charge in [-0.3, -0.25) is 9.69 Å². The van der Waals surface area contributed by atoms with Crippen LogP contribution in [0.25, 0.3) is 0 Å². The highest BCUT2D eigenvalue weighted by atomic mass is 32.2. The van der Waals surface area contributed by atoms with Crippen molar-refractivity contribution in [2.24, 2.45) is 5.73 Å². The number of nitrogens with zero attached hydrogens (tertiary/aromatic N) is 1. The van der Waals surface area contributed by atoms with Crippen molar-refractivity contribution in [3.05, 3.63) is 29.3 Å². The van der Waals surface area contributed by atoms with Crippen LogP contribution in [0.15, 0.2) is 18.2 Å². The second kappa shape index (κ2) is 8.27. The molecule has 25 heavy (non-hydrogen) atoms. The van der Waals surface area contributed by atoms with E-state index in [9.17, 15) is 18.3 Å². The number of carbonyl (C=O) groups excluding carboxylic acids is 1. The Morgan fingerprint density at radius 3 is 2.68 bits per heavy atom. The van der Waals surface area contributed by atoms with Crippen molar-refractivity contribution < 1.29 is 18.3 Å². The van der Waals surface area contributed by atoms with Crippen LogP contribution in [0.4, 0.5) is 5.69 Å². The first kappa shape index (κ1) is 19.8. The van der Waals surface area contributed by atoms with Gasteiger partial charge in [0.25, 0.3) is 0 Å². The van der Waals surface area contributed by atoms with E-state index < -0.39 is 22.0 Å². The minimum atomic E-state index is -3.28. The van der Waals surface area contributed by atoms with Gasteiger partial charge in [-0.2, -0.15) is 0 Å². The molecule has 0 aliphatic carbocycles. The zero-order valence-electron chi connectivity index (χ0n) is 14.7. The van der Waals surface area contributed by atoms with E-state index in [4.69, 9.17) is 5.73 Å². The van der Waals surface area contributed by atoms with Crippen LogP contribution in [-0.4, -0.2) is 67.6 Å². The molecule has 2 rings (SSSR count). The average Bonchev–Trinajstić information content (AvgIpc) is 2.81. The maximum Gasteiger partial charge on any atom is 0.238 e. The molecule has 1 aromatic rings. The number of benzene rings is 1. The van der Waals surface area contributed by atoms with Gasteiger partial charge in [0.1, 0.15) is 0 Å². The fourth-order valence-electron chi connectivity index (χ4n) is 3.25. The van der Waals surface area contributed by atoms with Crippen LogP contribution in [0, 0.1) is 6.92 Å². The predicted octanol–water partition coefficient (Wildman–Crippen LogP) is -0.0855. The Labute approximate surface area is 149 Å². The number of aliphatic hydroxyl groups is 1. The summed E-state index contributed by atoms with van der Waals surface area (Å²) in [5.74, 6) is -0.654. The molecule has 0 bridgehead atoms. The molecule has 2 atom stereocenters. The number of rotatable bonds is 7. The lowest BCUT2D eigenvalue weighted by Gasteiger charge is -2.29. The number of hydrogen-bond donors (Lipinski definition) is 3. The third kappa shape index (κ3) is 5.01. The molecule has 1 fully saturated rings. The third-order valence-corrected chi connectivity index (χ3v) is 6.23. The summed E-state index contributed by atoms with van der Waals surface area (Å²) in [4.78, 5) is 14.2. The van der Waals surface area contributed by atoms with Crippen LogP contribution in [0.5, 0.6) is 0 Å². The van der Waals surface area contributed by atoms with Crippen LogP contribution in [-0.2, 0) is 21.1 Å². The minimum Gasteiger partial charge on any atom is -0.390 e. The third-order valence-electron chi connectivity index (χ3n) is 4.53. The summed E-state index contributed by atoms with van der Waals surface area (Å²) < 4.78 is 23.5. The Morgan fingerprint density at radius 1 is 1.40 bits per heavy atom. The number of nitrogens with two attached hydrogens (primary N) is 1. The molecule has 1 aliphatic heterocycles. The SMILES string of the molecule is CCc1cccc(C)c1NC(=O)CN(CCN)C1CS(=O)(=O)CC1O. The predicted molar refractivity (Wildman–Crippen MR) is 98.3 cm³/mol. The molecule has 8 heteroatoms. The van der Waals surface area contributed by atoms with E-state index in [-0.39, 0.29) is 30.5 Å². The maximum atomic E-state index is 12.5. The van der Waals surface area contributed by atoms with Crippen LogP contribution in [0.2, 0.25) is 0 Å². The molecule has 0 spiro atoms. The summed E-state index contributed by atoms with van der Waals surface area (Å²) >= 11 is 0. The largest absolute Gasteiger partial charge is 0.390 e. The number of nitrogens with one attached hydrogen (secondary N) is 1. The Balaban J connectivity index is 2.11. The first-order chi connectivity index (χ1) is 11.8. The smallest absolute Gasteiger partial charge is 0.238 e. The molecule has 1 heterocycles. The van der Waals surface area contributed by atoms with Crippen molar-refractivity contribution in [2.75, 3.05) is 36.5 Å². The molecule has 1 saturated heterocycles. The summed E-state index contributed by atoms with van der Waals surface area (Å²) in [6.45, 7) is 4.57. The number of sulfone groups is 1. The average molecular weight is 369 g/mol. The van der Waals surface area contributed by atoms with Gasteiger partial charge < -0.3 is 16.2 Å². The highest BCUT2D eigenvalue weighted by molar-refractivity contribution is 7.91. The van der Waals surface area contributed by atoms with E-state index >= 15 is 0 Å². The van der Waals surface area contributed by atoms with Gasteiger partial charge in [-0.05, 0) is 24.5 Å². The number of carbonyl (C=O) groups is 1. The minimum absolute atomic E-state index is 0.00800. The van der Waals surface area contributed by atoms with Crippen molar-refractivity contribution in [2.45, 2.75) is 32.4 Å². The maximum absolute atomic E-state index is 12.5. The highest BCUT2D eigenvalue weighted by Crippen LogP contribution is 2.22. The molecule has 7 nitrogen and oxygen atoms in total. The molecule has 1 aromatic carbocycles. The van der Waals surface area contributed by atoms with Crippen molar-refractivity contribution in [1.82, 2.24) is 4.90 Å². The fourth-order valence-corrected chi connectivity index (χ4v) is 5.08. The van der Waals surface area contributed by atoms with Gasteiger partial charge in [-0.25, -0.2) is 8.42 Å². The van der Waals surface area contributed by atoms with Gasteiger partial charge in [-0.1, -0.05) is 25.1 Å². The van der Waals surface area contributed by atoms with Crippen molar-refractivity contribution in [3.63, 3.8) is 0 Å². The standard InChI is InChI=1S/C17H27N3O4S/c1-3-13-6-4-5-12(2)17(13)19-16(22)9-20(8-7-18)14-10-25(23,24)11-15(14)21/h4-6,14-15,21H,3,7-11,18H2,1-2H3,(H,19,22). The molecule has 4 N–H and O–H groups in total. The van der Waals surface area contributed by atoms with Crippen molar-refractivity contribution in [3.8, 4) is 0 Å². The van der Waals surface area contributed by atoms with E-state index in [1.54, 1.807) is 4.90 Å². The van der Waals surface area contributed by atoms with E-state index in [0.29, 0.717) is 6.54 Å². The molecule has 1 aliphatic rings. The van der Waals surface area contributed by atoms with E-state index in [2.05, 4.69) is 5.32 Å². The molecule has 0 aromatic heterocycles. The first-order valence-corrected chi connectivity index (χ1v) is 10.3. The number of aryl methyl sites for hydroxylation is 2. The van der Waals surface area contributed by atoms with Gasteiger partial charge >= 0.3 is 0 Å². The molecule has 0 radical (unpaired) electrons. The van der Waals surface area contributed by atoms with Crippen molar-refractivity contribution >= 4 is 21.4 Å². The Bertz CT molecular complexity index is 721. The quantitative estimate of drug-likeness (QED) is 0.619. The van der Waals surface area contributed by atoms with Crippen LogP contribution in [0.1, 0.15) is 18.1 Å². The molecular weight excluding hydrogens is 342 g/mol. The number of amides is 1. The number of anilines is 1. The molecule has 0 saturated carbocycles. The molecule has 1 amide bonds. The summed E-state index contributed by atoms with van der Waals surface area (Å²) in [6, 6.07) is 5.25. The Kier molecular flexibility index (Phi) is 6.56. The Hall–Kier alpha value is -1.48. The fraction of sp³-hybridized carbons (Fsp3) is 0.588. The second-order valence-electron chi connectivity index (χ2n) is 6.48. The monoisotopic (exact) mass is 369 g/mol. The lowest BCUT2D eigenvalue weighted by Crippen LogP contribution is -2.48. The second-order valence-corrected chi connectivity index (χ2v) is 8.64. The summed E-state index contributed by atoms with van der Waals surface area (Å²) in [7, 11) is -3.28. The Morgan fingerprint density at radius 2 is 2.12 bits per heavy atom. The van der Waals surface area contributed by atoms with Gasteiger partial charge in [0.05, 0.1) is 30.2 Å². The molecule has 140 valence electrons. The summed E-state index contributed by atoms with van der Waals surface area (Å²) in [5, 5.41) is 13.0. The lowest BCUT2D eigenvalue weighted by molar-refractivity contribution is -0.118. The van der Waals surface area contributed by atoms with Crippen LogP contribution < -0.4 is 11.1 Å². The summed E-state index contributed by atoms with van der Waals surface area (Å²) in [6.07, 6.45) is -0.197. The van der Waals surface area contributed by atoms with Gasteiger partial charge in [0.2, 0.25) is 5.91 Å². The van der Waals surface area contributed by atoms with Gasteiger partial charge in [0.15, 0.2) is 9.84 Å². The van der Waals surface area contributed by atoms with E-state index in [0.717, 1.165) is 23.2 Å². The number of para-hydroxylation sites is 1. The van der Waals surface area contributed by atoms with Crippen molar-refractivity contribution in [1.29, 1.82) is 0 Å². The van der Waals surface area contributed by atoms with Gasteiger partial charge in [-0.15, -0.1) is 0 Å². The van der Waals surface area contributed by atoms with E-state index in [1.807, 2.05) is 32.0 Å². The zero-order valence-corrected chi connectivity index (χ0v) is 15.6. The molecular formula is C17H27N3O4S. The number of hydrogen-bond acceptors (Lipinski definition) is 6. The van der Waals surface area contributed by atoms with Crippen LogP contribution >= 0.6 is 0 Å². The van der Waals surface area contributed by atoms with Crippen LogP contribution in [0.3, 0.4) is 0 Å².